The number of Topliss-reactive ketones (excluding diaryl/α,β-unsaturated/α-hetero) is 1. The minimum atomic E-state index is -0.266. The zero-order valence-corrected chi connectivity index (χ0v) is 19.3. The molecule has 4 heteroatoms. The lowest BCUT2D eigenvalue weighted by Gasteiger charge is -2.06. The molecule has 0 bridgehead atoms. The summed E-state index contributed by atoms with van der Waals surface area (Å²) in [7, 11) is 0. The van der Waals surface area contributed by atoms with Gasteiger partial charge in [-0.2, -0.15) is 0 Å². The average Bonchev–Trinajstić information content (AvgIpc) is 2.80. The van der Waals surface area contributed by atoms with Gasteiger partial charge in [-0.15, -0.1) is 0 Å². The molecule has 0 spiro atoms. The molecule has 0 aliphatic rings. The highest BCUT2D eigenvalue weighted by Gasteiger charge is 2.07. The molecular formula is C28H37NO3. The number of amides is 1. The quantitative estimate of drug-likeness (QED) is 0.172. The monoisotopic (exact) mass is 435 g/mol. The number of carbonyl (C=O) groups is 2. The summed E-state index contributed by atoms with van der Waals surface area (Å²) in [5.74, 6) is 0.0450. The van der Waals surface area contributed by atoms with E-state index in [-0.39, 0.29) is 17.4 Å². The van der Waals surface area contributed by atoms with Crippen molar-refractivity contribution in [2.75, 3.05) is 5.32 Å². The molecule has 2 N–H and O–H groups in total. The van der Waals surface area contributed by atoms with Crippen LogP contribution in [0.1, 0.15) is 93.5 Å². The van der Waals surface area contributed by atoms with Crippen molar-refractivity contribution in [2.45, 2.75) is 77.6 Å². The van der Waals surface area contributed by atoms with Crippen LogP contribution in [0, 0.1) is 0 Å². The van der Waals surface area contributed by atoms with Gasteiger partial charge >= 0.3 is 0 Å². The molecule has 4 nitrogen and oxygen atoms in total. The van der Waals surface area contributed by atoms with Crippen molar-refractivity contribution in [3.63, 3.8) is 0 Å². The maximum Gasteiger partial charge on any atom is 0.248 e. The number of aromatic hydroxyl groups is 1. The molecule has 32 heavy (non-hydrogen) atoms. The normalized spacial score (nSPS) is 11.0. The first-order valence-corrected chi connectivity index (χ1v) is 12.0. The lowest BCUT2D eigenvalue weighted by Crippen LogP contribution is -2.08. The van der Waals surface area contributed by atoms with Crippen LogP contribution >= 0.6 is 0 Å². The Morgan fingerprint density at radius 3 is 2.12 bits per heavy atom. The number of phenolic OH excluding ortho intramolecular Hbond substituents is 1. The second kappa shape index (κ2) is 15.0. The first-order chi connectivity index (χ1) is 15.6. The number of rotatable bonds is 15. The van der Waals surface area contributed by atoms with E-state index in [2.05, 4.69) is 12.2 Å². The minimum Gasteiger partial charge on any atom is -0.508 e. The number of hydrogen-bond donors (Lipinski definition) is 2. The minimum absolute atomic E-state index is 0.125. The summed E-state index contributed by atoms with van der Waals surface area (Å²) >= 11 is 0. The summed E-state index contributed by atoms with van der Waals surface area (Å²) in [4.78, 5) is 24.7. The van der Waals surface area contributed by atoms with E-state index in [0.29, 0.717) is 17.7 Å². The summed E-state index contributed by atoms with van der Waals surface area (Å²) in [5, 5.41) is 12.1. The topological polar surface area (TPSA) is 66.4 Å². The van der Waals surface area contributed by atoms with E-state index in [1.807, 2.05) is 0 Å². The number of nitrogens with one attached hydrogen (secondary N) is 1. The van der Waals surface area contributed by atoms with E-state index in [1.54, 1.807) is 54.6 Å². The van der Waals surface area contributed by atoms with Gasteiger partial charge in [-0.1, -0.05) is 89.0 Å². The molecule has 0 aromatic heterocycles. The van der Waals surface area contributed by atoms with Gasteiger partial charge in [0.1, 0.15) is 5.75 Å². The molecule has 2 aromatic rings. The van der Waals surface area contributed by atoms with Gasteiger partial charge in [0.25, 0.3) is 0 Å². The van der Waals surface area contributed by atoms with Gasteiger partial charge in [0.2, 0.25) is 5.91 Å². The molecule has 172 valence electrons. The fraction of sp³-hybridized carbons (Fsp3) is 0.429. The Hall–Kier alpha value is -2.88. The third kappa shape index (κ3) is 10.4. The van der Waals surface area contributed by atoms with Crippen LogP contribution in [-0.4, -0.2) is 16.8 Å². The Bertz CT molecular complexity index is 855. The predicted octanol–water partition coefficient (Wildman–Crippen LogP) is 7.54. The fourth-order valence-corrected chi connectivity index (χ4v) is 3.63. The molecule has 0 unspecified atom stereocenters. The van der Waals surface area contributed by atoms with Gasteiger partial charge in [-0.05, 0) is 42.3 Å². The Morgan fingerprint density at radius 2 is 1.47 bits per heavy atom. The van der Waals surface area contributed by atoms with Crippen LogP contribution < -0.4 is 5.32 Å². The highest BCUT2D eigenvalue weighted by atomic mass is 16.3. The molecule has 0 atom stereocenters. The highest BCUT2D eigenvalue weighted by molar-refractivity contribution is 6.03. The van der Waals surface area contributed by atoms with Crippen LogP contribution in [-0.2, 0) is 4.79 Å². The maximum atomic E-state index is 12.5. The van der Waals surface area contributed by atoms with Crippen molar-refractivity contribution in [2.24, 2.45) is 0 Å². The second-order valence-electron chi connectivity index (χ2n) is 8.35. The SMILES string of the molecule is CCCCCCCCCCCCC(=O)c1cccc(NC(=O)C=Cc2ccc(O)cc2)c1. The van der Waals surface area contributed by atoms with Crippen molar-refractivity contribution in [1.29, 1.82) is 0 Å². The largest absolute Gasteiger partial charge is 0.508 e. The van der Waals surface area contributed by atoms with Crippen molar-refractivity contribution < 1.29 is 14.7 Å². The van der Waals surface area contributed by atoms with Crippen LogP contribution in [0.2, 0.25) is 0 Å². The molecule has 1 amide bonds. The third-order valence-corrected chi connectivity index (χ3v) is 5.53. The van der Waals surface area contributed by atoms with Crippen molar-refractivity contribution in [3.05, 3.63) is 65.7 Å². The van der Waals surface area contributed by atoms with E-state index in [0.717, 1.165) is 18.4 Å². The number of ketones is 1. The van der Waals surface area contributed by atoms with Crippen LogP contribution in [0.25, 0.3) is 6.08 Å². The second-order valence-corrected chi connectivity index (χ2v) is 8.35. The zero-order chi connectivity index (χ0) is 23.0. The lowest BCUT2D eigenvalue weighted by atomic mass is 10.0. The molecule has 0 aliphatic heterocycles. The average molecular weight is 436 g/mol. The van der Waals surface area contributed by atoms with Gasteiger partial charge in [-0.25, -0.2) is 0 Å². The van der Waals surface area contributed by atoms with E-state index in [4.69, 9.17) is 0 Å². The molecule has 2 aromatic carbocycles. The lowest BCUT2D eigenvalue weighted by molar-refractivity contribution is -0.111. The number of anilines is 1. The molecule has 0 radical (unpaired) electrons. The number of phenols is 1. The van der Waals surface area contributed by atoms with Gasteiger partial charge in [0.05, 0.1) is 0 Å². The van der Waals surface area contributed by atoms with E-state index < -0.39 is 0 Å². The summed E-state index contributed by atoms with van der Waals surface area (Å²) < 4.78 is 0. The van der Waals surface area contributed by atoms with Crippen LogP contribution in [0.15, 0.2) is 54.6 Å². The van der Waals surface area contributed by atoms with Crippen molar-refractivity contribution in [1.82, 2.24) is 0 Å². The number of hydrogen-bond acceptors (Lipinski definition) is 3. The summed E-state index contributed by atoms with van der Waals surface area (Å²) in [6, 6.07) is 13.7. The number of unbranched alkanes of at least 4 members (excludes halogenated alkanes) is 9. The van der Waals surface area contributed by atoms with Crippen molar-refractivity contribution >= 4 is 23.5 Å². The summed E-state index contributed by atoms with van der Waals surface area (Å²) in [6.45, 7) is 2.24. The number of benzene rings is 2. The van der Waals surface area contributed by atoms with Crippen LogP contribution in [0.3, 0.4) is 0 Å². The Kier molecular flexibility index (Phi) is 11.9. The van der Waals surface area contributed by atoms with Crippen molar-refractivity contribution in [3.8, 4) is 5.75 Å². The van der Waals surface area contributed by atoms with Gasteiger partial charge in [0.15, 0.2) is 5.78 Å². The first kappa shape index (κ1) is 25.4. The maximum absolute atomic E-state index is 12.5. The van der Waals surface area contributed by atoms with Gasteiger partial charge < -0.3 is 10.4 Å². The zero-order valence-electron chi connectivity index (χ0n) is 19.3. The van der Waals surface area contributed by atoms with Crippen LogP contribution in [0.5, 0.6) is 5.75 Å². The molecular weight excluding hydrogens is 398 g/mol. The first-order valence-electron chi connectivity index (χ1n) is 12.0. The van der Waals surface area contributed by atoms with E-state index in [1.165, 1.54) is 57.4 Å². The van der Waals surface area contributed by atoms with E-state index in [9.17, 15) is 14.7 Å². The summed E-state index contributed by atoms with van der Waals surface area (Å²) in [5.41, 5.74) is 2.07. The highest BCUT2D eigenvalue weighted by Crippen LogP contribution is 2.16. The fourth-order valence-electron chi connectivity index (χ4n) is 3.63. The van der Waals surface area contributed by atoms with Gasteiger partial charge in [0, 0.05) is 23.7 Å². The number of carbonyl (C=O) groups excluding carboxylic acids is 2. The smallest absolute Gasteiger partial charge is 0.248 e. The predicted molar refractivity (Wildman–Crippen MR) is 133 cm³/mol. The molecule has 2 rings (SSSR count). The van der Waals surface area contributed by atoms with Crippen LogP contribution in [0.4, 0.5) is 5.69 Å². The molecule has 0 saturated carbocycles. The molecule has 0 aliphatic carbocycles. The van der Waals surface area contributed by atoms with E-state index >= 15 is 0 Å². The molecule has 0 fully saturated rings. The Balaban J connectivity index is 1.68. The Morgan fingerprint density at radius 1 is 0.844 bits per heavy atom. The third-order valence-electron chi connectivity index (χ3n) is 5.53. The summed E-state index contributed by atoms with van der Waals surface area (Å²) in [6.07, 6.45) is 16.1. The van der Waals surface area contributed by atoms with Gasteiger partial charge in [-0.3, -0.25) is 9.59 Å². The molecule has 0 heterocycles. The molecule has 0 saturated heterocycles. The Labute approximate surface area is 192 Å². The standard InChI is InChI=1S/C28H37NO3/c1-2-3-4-5-6-7-8-9-10-11-15-27(31)24-13-12-14-25(22-24)29-28(32)21-18-23-16-19-26(30)20-17-23/h12-14,16-22,30H,2-11,15H2,1H3,(H,29,32).